The molecule has 7 nitrogen and oxygen atoms in total. The van der Waals surface area contributed by atoms with Gasteiger partial charge in [-0.3, -0.25) is 9.59 Å². The van der Waals surface area contributed by atoms with Crippen molar-refractivity contribution in [2.75, 3.05) is 18.4 Å². The van der Waals surface area contributed by atoms with E-state index in [0.29, 0.717) is 41.1 Å². The molecule has 0 aromatic heterocycles. The predicted octanol–water partition coefficient (Wildman–Crippen LogP) is 3.14. The summed E-state index contributed by atoms with van der Waals surface area (Å²) < 4.78 is 28.3. The Morgan fingerprint density at radius 3 is 2.06 bits per heavy atom. The lowest BCUT2D eigenvalue weighted by atomic mass is 10.1. The minimum absolute atomic E-state index is 0.0856. The molecule has 1 heterocycles. The Morgan fingerprint density at radius 2 is 1.47 bits per heavy atom. The number of nitrogens with zero attached hydrogens (tertiary/aromatic N) is 1. The van der Waals surface area contributed by atoms with Gasteiger partial charge in [0.05, 0.1) is 4.90 Å². The molecule has 1 saturated heterocycles. The van der Waals surface area contributed by atoms with Gasteiger partial charge in [-0.25, -0.2) is 8.42 Å². The second-order valence-electron chi connectivity index (χ2n) is 8.68. The molecule has 32 heavy (non-hydrogen) atoms. The quantitative estimate of drug-likeness (QED) is 0.675. The fraction of sp³-hybridized carbons (Fsp3) is 0.417. The van der Waals surface area contributed by atoms with E-state index in [1.807, 2.05) is 39.0 Å². The van der Waals surface area contributed by atoms with Crippen molar-refractivity contribution >= 4 is 27.5 Å². The van der Waals surface area contributed by atoms with E-state index in [0.717, 1.165) is 16.7 Å². The lowest BCUT2D eigenvalue weighted by Crippen LogP contribution is -2.45. The van der Waals surface area contributed by atoms with E-state index in [2.05, 4.69) is 10.6 Å². The van der Waals surface area contributed by atoms with Gasteiger partial charge in [0, 0.05) is 24.8 Å². The number of nitrogens with one attached hydrogen (secondary N) is 2. The van der Waals surface area contributed by atoms with Crippen LogP contribution in [0.25, 0.3) is 0 Å². The lowest BCUT2D eigenvalue weighted by Gasteiger charge is -2.26. The van der Waals surface area contributed by atoms with Crippen LogP contribution in [0.5, 0.6) is 0 Å². The third-order valence-electron chi connectivity index (χ3n) is 5.68. The summed E-state index contributed by atoms with van der Waals surface area (Å²) in [6, 6.07) is 8.89. The predicted molar refractivity (Wildman–Crippen MR) is 125 cm³/mol. The third kappa shape index (κ3) is 5.19. The molecule has 0 unspecified atom stereocenters. The molecule has 2 amide bonds. The Hall–Kier alpha value is -2.71. The highest BCUT2D eigenvalue weighted by atomic mass is 32.2. The number of amides is 2. The fourth-order valence-electron chi connectivity index (χ4n) is 4.55. The van der Waals surface area contributed by atoms with Gasteiger partial charge in [-0.15, -0.1) is 0 Å². The average Bonchev–Trinajstić information content (AvgIpc) is 3.13. The van der Waals surface area contributed by atoms with Gasteiger partial charge in [-0.1, -0.05) is 23.8 Å². The summed E-state index contributed by atoms with van der Waals surface area (Å²) in [6.07, 6.45) is 1.33. The molecule has 0 bridgehead atoms. The first-order valence-corrected chi connectivity index (χ1v) is 12.2. The normalized spacial score (nSPS) is 16.7. The second-order valence-corrected chi connectivity index (χ2v) is 10.5. The number of benzene rings is 2. The number of hydrogen-bond acceptors (Lipinski definition) is 4. The van der Waals surface area contributed by atoms with Crippen LogP contribution >= 0.6 is 0 Å². The highest BCUT2D eigenvalue weighted by Crippen LogP contribution is 2.30. The monoisotopic (exact) mass is 457 g/mol. The van der Waals surface area contributed by atoms with E-state index in [1.54, 1.807) is 26.0 Å². The van der Waals surface area contributed by atoms with Crippen molar-refractivity contribution < 1.29 is 18.0 Å². The maximum Gasteiger partial charge on any atom is 0.313 e. The largest absolute Gasteiger partial charge is 0.346 e. The van der Waals surface area contributed by atoms with Gasteiger partial charge >= 0.3 is 11.8 Å². The van der Waals surface area contributed by atoms with Crippen LogP contribution in [0.15, 0.2) is 35.2 Å². The fourth-order valence-corrected chi connectivity index (χ4v) is 6.65. The molecule has 1 aliphatic rings. The molecule has 0 spiro atoms. The van der Waals surface area contributed by atoms with Crippen molar-refractivity contribution in [2.24, 2.45) is 0 Å². The molecule has 0 radical (unpaired) electrons. The maximum atomic E-state index is 13.4. The first kappa shape index (κ1) is 23.9. The molecular weight excluding hydrogens is 426 g/mol. The van der Waals surface area contributed by atoms with Gasteiger partial charge < -0.3 is 10.6 Å². The Morgan fingerprint density at radius 1 is 0.906 bits per heavy atom. The zero-order valence-electron chi connectivity index (χ0n) is 19.3. The smallest absolute Gasteiger partial charge is 0.313 e. The van der Waals surface area contributed by atoms with Crippen LogP contribution in [0.2, 0.25) is 0 Å². The van der Waals surface area contributed by atoms with Crippen LogP contribution in [-0.2, 0) is 19.6 Å². The van der Waals surface area contributed by atoms with Gasteiger partial charge in [-0.05, 0) is 81.8 Å². The number of carbonyl (C=O) groups is 2. The van der Waals surface area contributed by atoms with E-state index in [4.69, 9.17) is 0 Å². The molecule has 2 aromatic carbocycles. The molecule has 1 aliphatic heterocycles. The van der Waals surface area contributed by atoms with Crippen LogP contribution in [0.4, 0.5) is 5.69 Å². The molecule has 2 aromatic rings. The van der Waals surface area contributed by atoms with E-state index in [9.17, 15) is 18.0 Å². The molecule has 0 aliphatic carbocycles. The second kappa shape index (κ2) is 9.42. The number of sulfonamides is 1. The van der Waals surface area contributed by atoms with Gasteiger partial charge in [0.15, 0.2) is 0 Å². The lowest BCUT2D eigenvalue weighted by molar-refractivity contribution is -0.136. The number of rotatable bonds is 5. The molecule has 1 fully saturated rings. The first-order valence-electron chi connectivity index (χ1n) is 10.8. The van der Waals surface area contributed by atoms with Crippen molar-refractivity contribution in [2.45, 2.75) is 58.4 Å². The summed E-state index contributed by atoms with van der Waals surface area (Å²) in [7, 11) is -3.71. The number of aryl methyl sites for hydroxylation is 5. The van der Waals surface area contributed by atoms with Gasteiger partial charge in [0.25, 0.3) is 0 Å². The molecule has 2 N–H and O–H groups in total. The van der Waals surface area contributed by atoms with E-state index < -0.39 is 27.9 Å². The summed E-state index contributed by atoms with van der Waals surface area (Å²) in [4.78, 5) is 25.0. The van der Waals surface area contributed by atoms with Crippen LogP contribution < -0.4 is 10.6 Å². The van der Waals surface area contributed by atoms with Crippen molar-refractivity contribution in [1.82, 2.24) is 9.62 Å². The number of hydrogen-bond donors (Lipinski definition) is 2. The van der Waals surface area contributed by atoms with E-state index >= 15 is 0 Å². The maximum absolute atomic E-state index is 13.4. The molecule has 172 valence electrons. The zero-order chi connectivity index (χ0) is 23.6. The first-order chi connectivity index (χ1) is 15.0. The van der Waals surface area contributed by atoms with Crippen LogP contribution in [0.3, 0.4) is 0 Å². The van der Waals surface area contributed by atoms with Gasteiger partial charge in [0.1, 0.15) is 0 Å². The third-order valence-corrected chi connectivity index (χ3v) is 7.94. The minimum Gasteiger partial charge on any atom is -0.346 e. The Bertz CT molecular complexity index is 1110. The van der Waals surface area contributed by atoms with Crippen molar-refractivity contribution in [1.29, 1.82) is 0 Å². The standard InChI is InChI=1S/C24H31N3O4S/c1-15-9-16(2)13-20(12-15)26-24(29)23(28)25-14-21-7-6-8-27(21)32(30,31)22-18(4)10-17(3)11-19(22)5/h9-13,21H,6-8,14H2,1-5H3,(H,25,28)(H,26,29)/t21-/m1/s1. The highest BCUT2D eigenvalue weighted by Gasteiger charge is 2.37. The number of anilines is 1. The summed E-state index contributed by atoms with van der Waals surface area (Å²) in [5.41, 5.74) is 4.95. The van der Waals surface area contributed by atoms with Crippen LogP contribution in [-0.4, -0.2) is 43.7 Å². The zero-order valence-corrected chi connectivity index (χ0v) is 20.1. The molecule has 1 atom stereocenters. The van der Waals surface area contributed by atoms with Gasteiger partial charge in [0.2, 0.25) is 10.0 Å². The Labute approximate surface area is 190 Å². The van der Waals surface area contributed by atoms with E-state index in [1.165, 1.54) is 4.31 Å². The van der Waals surface area contributed by atoms with Crippen molar-refractivity contribution in [3.8, 4) is 0 Å². The van der Waals surface area contributed by atoms with Crippen molar-refractivity contribution in [3.05, 3.63) is 58.1 Å². The molecular formula is C24H31N3O4S. The summed E-state index contributed by atoms with van der Waals surface area (Å²) in [5.74, 6) is -1.55. The molecule has 3 rings (SSSR count). The van der Waals surface area contributed by atoms with E-state index in [-0.39, 0.29) is 6.54 Å². The molecule has 0 saturated carbocycles. The summed E-state index contributed by atoms with van der Waals surface area (Å²) >= 11 is 0. The minimum atomic E-state index is -3.71. The number of carbonyl (C=O) groups excluding carboxylic acids is 2. The average molecular weight is 458 g/mol. The van der Waals surface area contributed by atoms with Crippen LogP contribution in [0, 0.1) is 34.6 Å². The summed E-state index contributed by atoms with van der Waals surface area (Å²) in [6.45, 7) is 9.85. The summed E-state index contributed by atoms with van der Waals surface area (Å²) in [5, 5.41) is 5.21. The van der Waals surface area contributed by atoms with Crippen molar-refractivity contribution in [3.63, 3.8) is 0 Å². The van der Waals surface area contributed by atoms with Gasteiger partial charge in [-0.2, -0.15) is 4.31 Å². The Kier molecular flexibility index (Phi) is 7.05. The van der Waals surface area contributed by atoms with Crippen LogP contribution in [0.1, 0.15) is 40.7 Å². The Balaban J connectivity index is 1.68. The topological polar surface area (TPSA) is 95.6 Å². The molecule has 8 heteroatoms. The SMILES string of the molecule is Cc1cc(C)cc(NC(=O)C(=O)NC[C@H]2CCCN2S(=O)(=O)c2c(C)cc(C)cc2C)c1. The highest BCUT2D eigenvalue weighted by molar-refractivity contribution is 7.89.